The van der Waals surface area contributed by atoms with E-state index in [-0.39, 0.29) is 11.9 Å². The average Bonchev–Trinajstić information content (AvgIpc) is 2.97. The van der Waals surface area contributed by atoms with Crippen molar-refractivity contribution < 1.29 is 4.79 Å². The van der Waals surface area contributed by atoms with E-state index in [0.717, 1.165) is 39.1 Å². The van der Waals surface area contributed by atoms with Crippen molar-refractivity contribution in [1.29, 1.82) is 0 Å². The molecule has 0 spiro atoms. The lowest BCUT2D eigenvalue weighted by atomic mass is 10.2. The molecule has 1 aliphatic rings. The number of nitrogens with zero attached hydrogens (tertiary/aromatic N) is 5. The highest BCUT2D eigenvalue weighted by molar-refractivity contribution is 5.93. The van der Waals surface area contributed by atoms with Gasteiger partial charge in [0.2, 0.25) is 0 Å². The largest absolute Gasteiger partial charge is 0.337 e. The molecular weight excluding hydrogens is 302 g/mol. The van der Waals surface area contributed by atoms with Gasteiger partial charge in [-0.2, -0.15) is 5.10 Å². The van der Waals surface area contributed by atoms with Gasteiger partial charge >= 0.3 is 0 Å². The molecule has 0 aromatic carbocycles. The molecule has 0 unspecified atom stereocenters. The molecule has 2 aromatic rings. The Morgan fingerprint density at radius 2 is 1.96 bits per heavy atom. The zero-order chi connectivity index (χ0) is 16.9. The molecule has 1 aliphatic heterocycles. The van der Waals surface area contributed by atoms with Gasteiger partial charge in [0, 0.05) is 57.4 Å². The summed E-state index contributed by atoms with van der Waals surface area (Å²) in [5.41, 5.74) is 1.95. The molecule has 0 atom stereocenters. The third kappa shape index (κ3) is 4.00. The van der Waals surface area contributed by atoms with Gasteiger partial charge < -0.3 is 4.90 Å². The van der Waals surface area contributed by atoms with E-state index in [9.17, 15) is 4.79 Å². The van der Waals surface area contributed by atoms with Crippen LogP contribution < -0.4 is 0 Å². The first-order valence-electron chi connectivity index (χ1n) is 8.58. The number of aromatic nitrogens is 3. The Kier molecular flexibility index (Phi) is 5.25. The summed E-state index contributed by atoms with van der Waals surface area (Å²) in [6.45, 7) is 8.50. The third-order valence-corrected chi connectivity index (χ3v) is 4.41. The van der Waals surface area contributed by atoms with Crippen LogP contribution >= 0.6 is 0 Å². The smallest absolute Gasteiger partial charge is 0.257 e. The number of pyridine rings is 1. The van der Waals surface area contributed by atoms with Gasteiger partial charge in [0.05, 0.1) is 11.8 Å². The number of carbonyl (C=O) groups excluding carboxylic acids is 1. The molecule has 24 heavy (non-hydrogen) atoms. The minimum atomic E-state index is 0.0904. The maximum atomic E-state index is 12.7. The van der Waals surface area contributed by atoms with Crippen molar-refractivity contribution in [2.45, 2.75) is 32.9 Å². The Hall–Kier alpha value is -2.21. The van der Waals surface area contributed by atoms with Gasteiger partial charge in [0.15, 0.2) is 0 Å². The van der Waals surface area contributed by atoms with Crippen molar-refractivity contribution in [3.05, 3.63) is 48.0 Å². The van der Waals surface area contributed by atoms with Crippen molar-refractivity contribution in [2.75, 3.05) is 26.2 Å². The molecule has 3 heterocycles. The van der Waals surface area contributed by atoms with E-state index in [1.54, 1.807) is 6.20 Å². The molecule has 128 valence electrons. The first kappa shape index (κ1) is 16.6. The van der Waals surface area contributed by atoms with Crippen LogP contribution in [0.2, 0.25) is 0 Å². The van der Waals surface area contributed by atoms with Gasteiger partial charge in [-0.1, -0.05) is 0 Å². The predicted octanol–water partition coefficient (Wildman–Crippen LogP) is 2.21. The van der Waals surface area contributed by atoms with E-state index >= 15 is 0 Å². The van der Waals surface area contributed by atoms with Gasteiger partial charge in [-0.05, 0) is 38.0 Å². The lowest BCUT2D eigenvalue weighted by Gasteiger charge is -2.21. The van der Waals surface area contributed by atoms with E-state index in [0.29, 0.717) is 5.56 Å². The van der Waals surface area contributed by atoms with Gasteiger partial charge in [-0.15, -0.1) is 0 Å². The highest BCUT2D eigenvalue weighted by atomic mass is 16.2. The van der Waals surface area contributed by atoms with Crippen LogP contribution in [0, 0.1) is 0 Å². The fraction of sp³-hybridized carbons (Fsp3) is 0.500. The zero-order valence-electron chi connectivity index (χ0n) is 14.4. The Bertz CT molecular complexity index is 667. The van der Waals surface area contributed by atoms with Crippen molar-refractivity contribution in [1.82, 2.24) is 24.6 Å². The van der Waals surface area contributed by atoms with Crippen LogP contribution in [-0.4, -0.2) is 56.7 Å². The summed E-state index contributed by atoms with van der Waals surface area (Å²) in [5, 5.41) is 4.28. The lowest BCUT2D eigenvalue weighted by molar-refractivity contribution is 0.0761. The minimum absolute atomic E-state index is 0.0904. The lowest BCUT2D eigenvalue weighted by Crippen LogP contribution is -2.35. The van der Waals surface area contributed by atoms with Gasteiger partial charge in [0.25, 0.3) is 5.91 Å². The molecule has 1 saturated heterocycles. The second kappa shape index (κ2) is 7.57. The number of amides is 1. The number of hydrogen-bond acceptors (Lipinski definition) is 4. The summed E-state index contributed by atoms with van der Waals surface area (Å²) in [5.74, 6) is 0.0904. The standard InChI is InChI=1S/C18H25N5O/c1-15(2)23-14-17(12-20-23)18(24)22-9-3-8-21(10-11-22)13-16-4-6-19-7-5-16/h4-7,12,14-15H,3,8-11,13H2,1-2H3. The number of carbonyl (C=O) groups is 1. The Labute approximate surface area is 143 Å². The molecule has 0 radical (unpaired) electrons. The van der Waals surface area contributed by atoms with Crippen molar-refractivity contribution in [3.8, 4) is 0 Å². The minimum Gasteiger partial charge on any atom is -0.337 e. The molecular formula is C18H25N5O. The monoisotopic (exact) mass is 327 g/mol. The third-order valence-electron chi connectivity index (χ3n) is 4.41. The molecule has 3 rings (SSSR count). The number of hydrogen-bond donors (Lipinski definition) is 0. The molecule has 0 aliphatic carbocycles. The van der Waals surface area contributed by atoms with Crippen LogP contribution in [0.25, 0.3) is 0 Å². The van der Waals surface area contributed by atoms with Crippen LogP contribution in [0.15, 0.2) is 36.9 Å². The van der Waals surface area contributed by atoms with E-state index in [1.807, 2.05) is 40.3 Å². The SMILES string of the molecule is CC(C)n1cc(C(=O)N2CCCN(Cc3ccncc3)CC2)cn1. The predicted molar refractivity (Wildman–Crippen MR) is 92.6 cm³/mol. The van der Waals surface area contributed by atoms with E-state index < -0.39 is 0 Å². The summed E-state index contributed by atoms with van der Waals surface area (Å²) in [6, 6.07) is 4.37. The maximum absolute atomic E-state index is 12.7. The van der Waals surface area contributed by atoms with Crippen LogP contribution in [0.5, 0.6) is 0 Å². The quantitative estimate of drug-likeness (QED) is 0.864. The zero-order valence-corrected chi connectivity index (χ0v) is 14.4. The molecule has 2 aromatic heterocycles. The summed E-state index contributed by atoms with van der Waals surface area (Å²) in [7, 11) is 0. The molecule has 1 amide bonds. The van der Waals surface area contributed by atoms with Gasteiger partial charge in [0.1, 0.15) is 0 Å². The Balaban J connectivity index is 1.59. The Morgan fingerprint density at radius 1 is 1.17 bits per heavy atom. The van der Waals surface area contributed by atoms with E-state index in [4.69, 9.17) is 0 Å². The topological polar surface area (TPSA) is 54.3 Å². The first-order chi connectivity index (χ1) is 11.6. The highest BCUT2D eigenvalue weighted by Gasteiger charge is 2.21. The van der Waals surface area contributed by atoms with Crippen LogP contribution in [0.1, 0.15) is 42.2 Å². The summed E-state index contributed by atoms with van der Waals surface area (Å²) in [6.07, 6.45) is 8.19. The first-order valence-corrected chi connectivity index (χ1v) is 8.58. The number of rotatable bonds is 4. The average molecular weight is 327 g/mol. The maximum Gasteiger partial charge on any atom is 0.257 e. The van der Waals surface area contributed by atoms with E-state index in [1.165, 1.54) is 5.56 Å². The fourth-order valence-corrected chi connectivity index (χ4v) is 2.99. The summed E-state index contributed by atoms with van der Waals surface area (Å²) >= 11 is 0. The van der Waals surface area contributed by atoms with E-state index in [2.05, 4.69) is 28.8 Å². The molecule has 1 fully saturated rings. The van der Waals surface area contributed by atoms with Crippen LogP contribution in [0.3, 0.4) is 0 Å². The molecule has 6 heteroatoms. The molecule has 0 bridgehead atoms. The molecule has 0 N–H and O–H groups in total. The summed E-state index contributed by atoms with van der Waals surface area (Å²) in [4.78, 5) is 21.1. The Morgan fingerprint density at radius 3 is 2.67 bits per heavy atom. The van der Waals surface area contributed by atoms with Crippen molar-refractivity contribution >= 4 is 5.91 Å². The second-order valence-corrected chi connectivity index (χ2v) is 6.58. The van der Waals surface area contributed by atoms with Gasteiger partial charge in [-0.3, -0.25) is 19.4 Å². The van der Waals surface area contributed by atoms with Crippen LogP contribution in [0.4, 0.5) is 0 Å². The van der Waals surface area contributed by atoms with Gasteiger partial charge in [-0.25, -0.2) is 0 Å². The molecule has 0 saturated carbocycles. The highest BCUT2D eigenvalue weighted by Crippen LogP contribution is 2.12. The van der Waals surface area contributed by atoms with Crippen molar-refractivity contribution in [3.63, 3.8) is 0 Å². The fourth-order valence-electron chi connectivity index (χ4n) is 2.99. The normalized spacial score (nSPS) is 16.4. The van der Waals surface area contributed by atoms with Crippen molar-refractivity contribution in [2.24, 2.45) is 0 Å². The second-order valence-electron chi connectivity index (χ2n) is 6.58. The van der Waals surface area contributed by atoms with Crippen LogP contribution in [-0.2, 0) is 6.54 Å². The summed E-state index contributed by atoms with van der Waals surface area (Å²) < 4.78 is 1.83. The molecule has 6 nitrogen and oxygen atoms in total.